The lowest BCUT2D eigenvalue weighted by Gasteiger charge is -2.28. The van der Waals surface area contributed by atoms with E-state index in [2.05, 4.69) is 4.98 Å². The fourth-order valence-corrected chi connectivity index (χ4v) is 4.43. The quantitative estimate of drug-likeness (QED) is 0.372. The van der Waals surface area contributed by atoms with Crippen LogP contribution in [-0.4, -0.2) is 67.9 Å². The Kier molecular flexibility index (Phi) is 5.50. The van der Waals surface area contributed by atoms with Gasteiger partial charge in [-0.05, 0) is 23.8 Å². The number of aliphatic hydroxyl groups is 1. The van der Waals surface area contributed by atoms with E-state index in [0.29, 0.717) is 43.4 Å². The van der Waals surface area contributed by atoms with Crippen molar-refractivity contribution in [3.63, 3.8) is 0 Å². The maximum Gasteiger partial charge on any atom is 0.295 e. The van der Waals surface area contributed by atoms with Crippen molar-refractivity contribution in [2.45, 2.75) is 6.04 Å². The summed E-state index contributed by atoms with van der Waals surface area (Å²) in [4.78, 5) is 32.0. The molecule has 4 heterocycles. The topological polar surface area (TPSA) is 104 Å². The Morgan fingerprint density at radius 3 is 2.62 bits per heavy atom. The molecule has 3 aliphatic heterocycles. The predicted octanol–water partition coefficient (Wildman–Crippen LogP) is -0.434. The van der Waals surface area contributed by atoms with Crippen LogP contribution in [0.3, 0.4) is 0 Å². The minimum Gasteiger partial charge on any atom is -0.507 e. The number of likely N-dealkylation sites (tertiary alicyclic amines) is 1. The second-order valence-corrected chi connectivity index (χ2v) is 8.01. The molecule has 0 saturated carbocycles. The Labute approximate surface area is 184 Å². The van der Waals surface area contributed by atoms with Gasteiger partial charge in [0.15, 0.2) is 23.9 Å². The lowest BCUT2D eigenvalue weighted by Crippen LogP contribution is -3.14. The molecule has 3 aliphatic rings. The minimum atomic E-state index is -0.685. The number of nitrogens with zero attached hydrogens (tertiary/aromatic N) is 1. The van der Waals surface area contributed by atoms with Crippen LogP contribution in [0.25, 0.3) is 5.76 Å². The fourth-order valence-electron chi connectivity index (χ4n) is 4.43. The van der Waals surface area contributed by atoms with Gasteiger partial charge < -0.3 is 29.1 Å². The number of pyridine rings is 1. The number of carbonyl (C=O) groups is 2. The van der Waals surface area contributed by atoms with Gasteiger partial charge in [-0.3, -0.25) is 9.59 Å². The molecular weight excluding hydrogens is 414 g/mol. The number of benzene rings is 1. The molecule has 0 bridgehead atoms. The number of hydrogen-bond donors (Lipinski definition) is 2. The van der Waals surface area contributed by atoms with E-state index in [1.807, 2.05) is 12.1 Å². The number of quaternary nitrogens is 1. The standard InChI is InChI=1S/C23H23N3O6/c27-21(16-1-2-17-18(13-16)32-14-31-17)19-20(15-3-5-24-6-4-15)26(23(29)22(19)28)8-7-25-9-11-30-12-10-25/h1-6,13,20,27H,7-12,14H2/p+2. The summed E-state index contributed by atoms with van der Waals surface area (Å²) in [6, 6.07) is 7.93. The molecule has 1 unspecified atom stereocenters. The molecule has 9 nitrogen and oxygen atoms in total. The molecule has 5 rings (SSSR count). The van der Waals surface area contributed by atoms with Crippen molar-refractivity contribution in [1.82, 2.24) is 4.90 Å². The van der Waals surface area contributed by atoms with Crippen molar-refractivity contribution < 1.29 is 38.8 Å². The number of amides is 1. The van der Waals surface area contributed by atoms with E-state index in [9.17, 15) is 14.7 Å². The van der Waals surface area contributed by atoms with Crippen molar-refractivity contribution in [2.24, 2.45) is 0 Å². The van der Waals surface area contributed by atoms with Crippen LogP contribution in [0.15, 0.2) is 48.3 Å². The molecule has 9 heteroatoms. The highest BCUT2D eigenvalue weighted by Crippen LogP contribution is 2.40. The Morgan fingerprint density at radius 2 is 1.84 bits per heavy atom. The highest BCUT2D eigenvalue weighted by atomic mass is 16.7. The molecule has 1 aromatic heterocycles. The SMILES string of the molecule is O=C1C(=O)N(CC[NH+]2CCOCC2)C(c2cc[nH+]cc2)C1=C(O)c1ccc2c(c1)OCO2. The molecule has 1 aromatic carbocycles. The highest BCUT2D eigenvalue weighted by Gasteiger charge is 2.46. The summed E-state index contributed by atoms with van der Waals surface area (Å²) in [5.74, 6) is -0.441. The molecule has 0 aliphatic carbocycles. The number of ketones is 1. The molecular formula is C23H25N3O6+2. The van der Waals surface area contributed by atoms with E-state index in [4.69, 9.17) is 14.2 Å². The average Bonchev–Trinajstić information content (AvgIpc) is 3.40. The molecule has 0 radical (unpaired) electrons. The van der Waals surface area contributed by atoms with Crippen LogP contribution in [-0.2, 0) is 14.3 Å². The number of hydrogen-bond acceptors (Lipinski definition) is 6. The van der Waals surface area contributed by atoms with Crippen LogP contribution in [0.5, 0.6) is 11.5 Å². The Morgan fingerprint density at radius 1 is 1.09 bits per heavy atom. The summed E-state index contributed by atoms with van der Waals surface area (Å²) in [5, 5.41) is 11.2. The maximum absolute atomic E-state index is 13.1. The fraction of sp³-hybridized carbons (Fsp3) is 0.348. The summed E-state index contributed by atoms with van der Waals surface area (Å²) in [5.41, 5.74) is 1.23. The number of aromatic nitrogens is 1. The Bertz CT molecular complexity index is 1060. The van der Waals surface area contributed by atoms with Crippen LogP contribution in [0, 0.1) is 0 Å². The van der Waals surface area contributed by atoms with Gasteiger partial charge in [0.25, 0.3) is 11.7 Å². The maximum atomic E-state index is 13.1. The predicted molar refractivity (Wildman–Crippen MR) is 111 cm³/mol. The van der Waals surface area contributed by atoms with Crippen molar-refractivity contribution in [1.29, 1.82) is 0 Å². The number of fused-ring (bicyclic) bond motifs is 1. The largest absolute Gasteiger partial charge is 0.507 e. The first-order chi connectivity index (χ1) is 15.6. The first-order valence-electron chi connectivity index (χ1n) is 10.7. The number of aliphatic hydroxyl groups excluding tert-OH is 1. The van der Waals surface area contributed by atoms with Gasteiger partial charge in [-0.1, -0.05) is 0 Å². The number of rotatable bonds is 5. The van der Waals surface area contributed by atoms with Crippen molar-refractivity contribution >= 4 is 17.4 Å². The molecule has 32 heavy (non-hydrogen) atoms. The van der Waals surface area contributed by atoms with Gasteiger partial charge in [-0.2, -0.15) is 0 Å². The van der Waals surface area contributed by atoms with Crippen LogP contribution in [0.4, 0.5) is 0 Å². The summed E-state index contributed by atoms with van der Waals surface area (Å²) in [6.07, 6.45) is 3.48. The van der Waals surface area contributed by atoms with Crippen molar-refractivity contribution in [2.75, 3.05) is 46.2 Å². The van der Waals surface area contributed by atoms with E-state index >= 15 is 0 Å². The molecule has 3 N–H and O–H groups in total. The molecule has 0 spiro atoms. The number of ether oxygens (including phenoxy) is 3. The molecule has 166 valence electrons. The van der Waals surface area contributed by atoms with E-state index < -0.39 is 17.7 Å². The summed E-state index contributed by atoms with van der Waals surface area (Å²) in [7, 11) is 0. The van der Waals surface area contributed by atoms with Gasteiger partial charge in [0.2, 0.25) is 6.79 Å². The zero-order valence-electron chi connectivity index (χ0n) is 17.5. The lowest BCUT2D eigenvalue weighted by atomic mass is 9.96. The number of nitrogens with one attached hydrogen (secondary N) is 2. The first kappa shape index (κ1) is 20.5. The van der Waals surface area contributed by atoms with Gasteiger partial charge in [0.05, 0.1) is 37.9 Å². The second kappa shape index (κ2) is 8.60. The molecule has 1 amide bonds. The number of Topliss-reactive ketones (excluding diaryl/α,β-unsaturated/α-hetero) is 1. The first-order valence-corrected chi connectivity index (χ1v) is 10.7. The van der Waals surface area contributed by atoms with Gasteiger partial charge >= 0.3 is 0 Å². The third-order valence-corrected chi connectivity index (χ3v) is 6.15. The number of aromatic amines is 1. The van der Waals surface area contributed by atoms with Gasteiger partial charge in [-0.15, -0.1) is 0 Å². The van der Waals surface area contributed by atoms with E-state index in [-0.39, 0.29) is 18.1 Å². The molecule has 1 atom stereocenters. The number of carbonyl (C=O) groups excluding carboxylic acids is 2. The van der Waals surface area contributed by atoms with Crippen LogP contribution >= 0.6 is 0 Å². The number of morpholine rings is 1. The Hall–Kier alpha value is -3.43. The van der Waals surface area contributed by atoms with E-state index in [0.717, 1.165) is 18.7 Å². The van der Waals surface area contributed by atoms with Crippen LogP contribution < -0.4 is 19.4 Å². The van der Waals surface area contributed by atoms with Gasteiger partial charge in [0.1, 0.15) is 18.8 Å². The number of H-pyrrole nitrogens is 1. The minimum absolute atomic E-state index is 0.0806. The van der Waals surface area contributed by atoms with Crippen LogP contribution in [0.1, 0.15) is 17.2 Å². The molecule has 2 aromatic rings. The van der Waals surface area contributed by atoms with E-state index in [1.165, 1.54) is 4.90 Å². The third kappa shape index (κ3) is 3.69. The smallest absolute Gasteiger partial charge is 0.295 e. The van der Waals surface area contributed by atoms with Crippen molar-refractivity contribution in [3.05, 3.63) is 59.4 Å². The third-order valence-electron chi connectivity index (χ3n) is 6.15. The van der Waals surface area contributed by atoms with Gasteiger partial charge in [0, 0.05) is 17.7 Å². The zero-order valence-corrected chi connectivity index (χ0v) is 17.5. The van der Waals surface area contributed by atoms with E-state index in [1.54, 1.807) is 35.5 Å². The highest BCUT2D eigenvalue weighted by molar-refractivity contribution is 6.46. The van der Waals surface area contributed by atoms with Crippen LogP contribution in [0.2, 0.25) is 0 Å². The van der Waals surface area contributed by atoms with Crippen molar-refractivity contribution in [3.8, 4) is 11.5 Å². The van der Waals surface area contributed by atoms with Gasteiger partial charge in [-0.25, -0.2) is 4.98 Å². The second-order valence-electron chi connectivity index (χ2n) is 8.01. The normalized spacial score (nSPS) is 22.5. The monoisotopic (exact) mass is 439 g/mol. The average molecular weight is 439 g/mol. The molecule has 2 fully saturated rings. The summed E-state index contributed by atoms with van der Waals surface area (Å²) < 4.78 is 16.1. The lowest BCUT2D eigenvalue weighted by molar-refractivity contribution is -0.907. The molecule has 2 saturated heterocycles. The zero-order chi connectivity index (χ0) is 22.1. The summed E-state index contributed by atoms with van der Waals surface area (Å²) in [6.45, 7) is 4.33. The summed E-state index contributed by atoms with van der Waals surface area (Å²) >= 11 is 0. The Balaban J connectivity index is 1.52.